The molecule has 0 radical (unpaired) electrons. The van der Waals surface area contributed by atoms with Crippen molar-refractivity contribution in [3.05, 3.63) is 12.3 Å². The maximum Gasteiger partial charge on any atom is 0.224 e. The average Bonchev–Trinajstić information content (AvgIpc) is 2.98. The fourth-order valence-corrected chi connectivity index (χ4v) is 4.10. The molecule has 152 valence electrons. The molecule has 1 aromatic heterocycles. The zero-order valence-electron chi connectivity index (χ0n) is 17.1. The number of rotatable bonds is 8. The maximum absolute atomic E-state index is 5.34. The number of nitrogens with one attached hydrogen (secondary N) is 1. The molecule has 2 fully saturated rings. The SMILES string of the molecule is COC(CC(C)N1CCC(Nc2nccc(N3CCCCCC3)n2)C1)OC. The van der Waals surface area contributed by atoms with Gasteiger partial charge in [-0.25, -0.2) is 4.98 Å². The molecule has 1 N–H and O–H groups in total. The topological polar surface area (TPSA) is 62.8 Å². The Morgan fingerprint density at radius 1 is 1.15 bits per heavy atom. The van der Waals surface area contributed by atoms with Crippen molar-refractivity contribution >= 4 is 11.8 Å². The summed E-state index contributed by atoms with van der Waals surface area (Å²) in [6, 6.07) is 2.84. The lowest BCUT2D eigenvalue weighted by atomic mass is 10.2. The van der Waals surface area contributed by atoms with Crippen LogP contribution in [0.25, 0.3) is 0 Å². The molecule has 2 aliphatic rings. The Kier molecular flexibility index (Phi) is 7.67. The first-order valence-electron chi connectivity index (χ1n) is 10.3. The van der Waals surface area contributed by atoms with E-state index in [4.69, 9.17) is 14.5 Å². The highest BCUT2D eigenvalue weighted by Gasteiger charge is 2.28. The third-order valence-electron chi connectivity index (χ3n) is 5.81. The number of hydrogen-bond acceptors (Lipinski definition) is 7. The number of ether oxygens (including phenoxy) is 2. The summed E-state index contributed by atoms with van der Waals surface area (Å²) in [5, 5.41) is 3.55. The van der Waals surface area contributed by atoms with E-state index in [0.29, 0.717) is 12.1 Å². The predicted molar refractivity (Wildman–Crippen MR) is 108 cm³/mol. The van der Waals surface area contributed by atoms with Gasteiger partial charge in [-0.1, -0.05) is 12.8 Å². The molecular weight excluding hydrogens is 342 g/mol. The zero-order chi connectivity index (χ0) is 19.1. The fourth-order valence-electron chi connectivity index (χ4n) is 4.10. The van der Waals surface area contributed by atoms with Crippen LogP contribution in [0.5, 0.6) is 0 Å². The fraction of sp³-hybridized carbons (Fsp3) is 0.800. The van der Waals surface area contributed by atoms with Crippen molar-refractivity contribution in [2.75, 3.05) is 50.6 Å². The molecule has 2 aliphatic heterocycles. The van der Waals surface area contributed by atoms with E-state index in [1.165, 1.54) is 25.7 Å². The van der Waals surface area contributed by atoms with Crippen LogP contribution in [0.2, 0.25) is 0 Å². The minimum Gasteiger partial charge on any atom is -0.356 e. The van der Waals surface area contributed by atoms with Crippen LogP contribution in [-0.2, 0) is 9.47 Å². The van der Waals surface area contributed by atoms with Crippen LogP contribution in [0.1, 0.15) is 45.4 Å². The van der Waals surface area contributed by atoms with Gasteiger partial charge < -0.3 is 19.7 Å². The molecule has 0 bridgehead atoms. The molecule has 0 saturated carbocycles. The van der Waals surface area contributed by atoms with Crippen molar-refractivity contribution in [1.29, 1.82) is 0 Å². The van der Waals surface area contributed by atoms with Crippen molar-refractivity contribution in [1.82, 2.24) is 14.9 Å². The van der Waals surface area contributed by atoms with E-state index in [0.717, 1.165) is 50.8 Å². The zero-order valence-corrected chi connectivity index (χ0v) is 17.1. The molecule has 2 atom stereocenters. The second-order valence-corrected chi connectivity index (χ2v) is 7.75. The molecule has 3 rings (SSSR count). The normalized spacial score (nSPS) is 22.8. The Bertz CT molecular complexity index is 561. The van der Waals surface area contributed by atoms with Crippen molar-refractivity contribution in [2.45, 2.75) is 63.8 Å². The Morgan fingerprint density at radius 2 is 1.89 bits per heavy atom. The first kappa shape index (κ1) is 20.3. The summed E-state index contributed by atoms with van der Waals surface area (Å²) < 4.78 is 10.7. The Hall–Kier alpha value is -1.44. The largest absolute Gasteiger partial charge is 0.356 e. The van der Waals surface area contributed by atoms with Gasteiger partial charge in [-0.3, -0.25) is 4.90 Å². The number of hydrogen-bond donors (Lipinski definition) is 1. The second kappa shape index (κ2) is 10.2. The number of aromatic nitrogens is 2. The Morgan fingerprint density at radius 3 is 2.59 bits per heavy atom. The summed E-state index contributed by atoms with van der Waals surface area (Å²) in [6.45, 7) is 6.52. The minimum atomic E-state index is -0.138. The molecule has 1 aromatic rings. The third kappa shape index (κ3) is 5.77. The lowest BCUT2D eigenvalue weighted by Crippen LogP contribution is -2.36. The lowest BCUT2D eigenvalue weighted by Gasteiger charge is -2.27. The highest BCUT2D eigenvalue weighted by Crippen LogP contribution is 2.21. The van der Waals surface area contributed by atoms with Crippen LogP contribution in [0, 0.1) is 0 Å². The molecule has 0 aliphatic carbocycles. The van der Waals surface area contributed by atoms with Crippen LogP contribution < -0.4 is 10.2 Å². The van der Waals surface area contributed by atoms with E-state index in [2.05, 4.69) is 27.0 Å². The van der Waals surface area contributed by atoms with Crippen LogP contribution in [0.4, 0.5) is 11.8 Å². The van der Waals surface area contributed by atoms with E-state index >= 15 is 0 Å². The number of anilines is 2. The summed E-state index contributed by atoms with van der Waals surface area (Å²) in [4.78, 5) is 14.1. The number of nitrogens with zero attached hydrogens (tertiary/aromatic N) is 4. The molecule has 0 amide bonds. The highest BCUT2D eigenvalue weighted by atomic mass is 16.7. The third-order valence-corrected chi connectivity index (χ3v) is 5.81. The molecular formula is C20H35N5O2. The van der Waals surface area contributed by atoms with E-state index in [-0.39, 0.29) is 6.29 Å². The van der Waals surface area contributed by atoms with Gasteiger partial charge >= 0.3 is 0 Å². The van der Waals surface area contributed by atoms with Crippen molar-refractivity contribution in [3.63, 3.8) is 0 Å². The van der Waals surface area contributed by atoms with Crippen LogP contribution in [0.15, 0.2) is 12.3 Å². The highest BCUT2D eigenvalue weighted by molar-refractivity contribution is 5.43. The molecule has 27 heavy (non-hydrogen) atoms. The van der Waals surface area contributed by atoms with Crippen LogP contribution >= 0.6 is 0 Å². The summed E-state index contributed by atoms with van der Waals surface area (Å²) in [5.41, 5.74) is 0. The molecule has 7 nitrogen and oxygen atoms in total. The van der Waals surface area contributed by atoms with Gasteiger partial charge in [0.2, 0.25) is 5.95 Å². The Balaban J connectivity index is 1.53. The molecule has 0 spiro atoms. The van der Waals surface area contributed by atoms with Crippen molar-refractivity contribution in [3.8, 4) is 0 Å². The van der Waals surface area contributed by atoms with E-state index in [1.54, 1.807) is 14.2 Å². The first-order chi connectivity index (χ1) is 13.2. The average molecular weight is 378 g/mol. The Labute approximate surface area is 163 Å². The summed E-state index contributed by atoms with van der Waals surface area (Å²) in [6.07, 6.45) is 8.89. The van der Waals surface area contributed by atoms with Gasteiger partial charge in [-0.15, -0.1) is 0 Å². The summed E-state index contributed by atoms with van der Waals surface area (Å²) >= 11 is 0. The summed E-state index contributed by atoms with van der Waals surface area (Å²) in [7, 11) is 3.40. The van der Waals surface area contributed by atoms with E-state index in [9.17, 15) is 0 Å². The molecule has 2 unspecified atom stereocenters. The van der Waals surface area contributed by atoms with Gasteiger partial charge in [0.1, 0.15) is 5.82 Å². The van der Waals surface area contributed by atoms with Crippen LogP contribution in [0.3, 0.4) is 0 Å². The van der Waals surface area contributed by atoms with Gasteiger partial charge in [0, 0.05) is 65.1 Å². The molecule has 0 aromatic carbocycles. The van der Waals surface area contributed by atoms with Gasteiger partial charge in [0.15, 0.2) is 6.29 Å². The smallest absolute Gasteiger partial charge is 0.224 e. The number of likely N-dealkylation sites (tertiary alicyclic amines) is 1. The maximum atomic E-state index is 5.34. The lowest BCUT2D eigenvalue weighted by molar-refractivity contribution is -0.115. The van der Waals surface area contributed by atoms with Crippen molar-refractivity contribution < 1.29 is 9.47 Å². The molecule has 2 saturated heterocycles. The van der Waals surface area contributed by atoms with Gasteiger partial charge in [0.25, 0.3) is 0 Å². The van der Waals surface area contributed by atoms with E-state index < -0.39 is 0 Å². The quantitative estimate of drug-likeness (QED) is 0.699. The minimum absolute atomic E-state index is 0.138. The van der Waals surface area contributed by atoms with E-state index in [1.807, 2.05) is 12.3 Å². The van der Waals surface area contributed by atoms with Gasteiger partial charge in [0.05, 0.1) is 0 Å². The predicted octanol–water partition coefficient (Wildman–Crippen LogP) is 2.74. The van der Waals surface area contributed by atoms with Crippen LogP contribution in [-0.4, -0.2) is 73.6 Å². The standard InChI is InChI=1S/C20H35N5O2/c1-16(14-19(26-2)27-3)25-13-9-17(15-25)22-20-21-10-8-18(23-20)24-11-6-4-5-7-12-24/h8,10,16-17,19H,4-7,9,11-15H2,1-3H3,(H,21,22,23). The van der Waals surface area contributed by atoms with Gasteiger partial charge in [-0.2, -0.15) is 4.98 Å². The number of methoxy groups -OCH3 is 2. The van der Waals surface area contributed by atoms with Gasteiger partial charge in [-0.05, 0) is 32.3 Å². The molecule has 7 heteroatoms. The molecule has 3 heterocycles. The monoisotopic (exact) mass is 377 g/mol. The van der Waals surface area contributed by atoms with Crippen molar-refractivity contribution in [2.24, 2.45) is 0 Å². The first-order valence-corrected chi connectivity index (χ1v) is 10.3. The second-order valence-electron chi connectivity index (χ2n) is 7.75. The summed E-state index contributed by atoms with van der Waals surface area (Å²) in [5.74, 6) is 1.81.